The number of nitrogens with one attached hydrogen (secondary N) is 1. The Bertz CT molecular complexity index is 843. The van der Waals surface area contributed by atoms with Crippen molar-refractivity contribution in [1.82, 2.24) is 20.0 Å². The summed E-state index contributed by atoms with van der Waals surface area (Å²) in [5, 5.41) is 45.3. The van der Waals surface area contributed by atoms with E-state index >= 15 is 0 Å². The van der Waals surface area contributed by atoms with E-state index in [0.717, 1.165) is 45.2 Å². The summed E-state index contributed by atoms with van der Waals surface area (Å²) in [5.74, 6) is -2.46. The van der Waals surface area contributed by atoms with Crippen LogP contribution in [0.2, 0.25) is 0 Å². The highest BCUT2D eigenvalue weighted by Gasteiger charge is 2.49. The summed E-state index contributed by atoms with van der Waals surface area (Å²) < 4.78 is 0. The average Bonchev–Trinajstić information content (AvgIpc) is 3.55. The molecule has 6 atom stereocenters. The molecule has 0 aromatic rings. The van der Waals surface area contributed by atoms with E-state index in [-0.39, 0.29) is 23.5 Å². The Labute approximate surface area is 210 Å². The van der Waals surface area contributed by atoms with E-state index in [1.807, 2.05) is 4.90 Å². The van der Waals surface area contributed by atoms with Gasteiger partial charge in [-0.1, -0.05) is 6.92 Å². The number of amides is 3. The van der Waals surface area contributed by atoms with Gasteiger partial charge in [-0.3, -0.25) is 4.79 Å². The number of carbonyl (C=O) groups is 4. The number of fused-ring (bicyclic) bond motifs is 1. The van der Waals surface area contributed by atoms with Crippen LogP contribution in [0.15, 0.2) is 0 Å². The molecule has 2 saturated heterocycles. The van der Waals surface area contributed by atoms with Crippen molar-refractivity contribution in [3.8, 4) is 6.07 Å². The molecule has 2 aliphatic heterocycles. The molecule has 1 saturated carbocycles. The maximum atomic E-state index is 12.5. The van der Waals surface area contributed by atoms with Crippen molar-refractivity contribution in [3.63, 3.8) is 0 Å². The van der Waals surface area contributed by atoms with Crippen LogP contribution in [0.3, 0.4) is 0 Å². The number of rotatable bonds is 7. The molecule has 13 nitrogen and oxygen atoms in total. The first kappa shape index (κ1) is 29.3. The molecule has 202 valence electrons. The molecular formula is C23H37N5O8. The first-order valence-corrected chi connectivity index (χ1v) is 12.1. The third-order valence-corrected chi connectivity index (χ3v) is 7.35. The summed E-state index contributed by atoms with van der Waals surface area (Å²) in [6, 6.07) is 2.08. The van der Waals surface area contributed by atoms with E-state index in [0.29, 0.717) is 24.9 Å². The Morgan fingerprint density at radius 1 is 1.08 bits per heavy atom. The van der Waals surface area contributed by atoms with Gasteiger partial charge in [0.25, 0.3) is 0 Å². The molecule has 3 amide bonds. The van der Waals surface area contributed by atoms with Crippen LogP contribution in [0.25, 0.3) is 0 Å². The quantitative estimate of drug-likeness (QED) is 0.287. The van der Waals surface area contributed by atoms with E-state index in [9.17, 15) is 24.4 Å². The molecular weight excluding hydrogens is 474 g/mol. The SMILES string of the molecule is CCC1(NCC(=O)N2CCC[C@H]2C#N)C[C@H]2CN(C(=O)N(C)C)C[C@H]2C1.O=C(O)C(O)C(O)C(=O)O. The predicted molar refractivity (Wildman–Crippen MR) is 126 cm³/mol. The maximum Gasteiger partial charge on any atom is 0.335 e. The first-order chi connectivity index (χ1) is 16.9. The van der Waals surface area contributed by atoms with Crippen molar-refractivity contribution >= 4 is 23.9 Å². The van der Waals surface area contributed by atoms with Crippen molar-refractivity contribution < 1.29 is 39.6 Å². The number of carbonyl (C=O) groups excluding carboxylic acids is 2. The lowest BCUT2D eigenvalue weighted by Crippen LogP contribution is -2.50. The number of urea groups is 1. The van der Waals surface area contributed by atoms with Gasteiger partial charge in [-0.05, 0) is 43.9 Å². The molecule has 3 aliphatic rings. The second-order valence-corrected chi connectivity index (χ2v) is 9.94. The molecule has 3 rings (SSSR count). The Hall–Kier alpha value is -2.95. The lowest BCUT2D eigenvalue weighted by Gasteiger charge is -2.33. The van der Waals surface area contributed by atoms with Crippen molar-refractivity contribution in [2.75, 3.05) is 40.3 Å². The Morgan fingerprint density at radius 2 is 1.61 bits per heavy atom. The van der Waals surface area contributed by atoms with E-state index in [2.05, 4.69) is 18.3 Å². The van der Waals surface area contributed by atoms with Gasteiger partial charge >= 0.3 is 18.0 Å². The minimum atomic E-state index is -2.27. The number of carboxylic acid groups (broad SMARTS) is 2. The fourth-order valence-electron chi connectivity index (χ4n) is 5.32. The molecule has 3 fully saturated rings. The van der Waals surface area contributed by atoms with Crippen LogP contribution >= 0.6 is 0 Å². The largest absolute Gasteiger partial charge is 0.479 e. The normalized spacial score (nSPS) is 28.4. The standard InChI is InChI=1S/C19H31N5O2.C4H6O6/c1-4-19(21-11-17(25)24-7-5-6-16(24)10-20)8-14-12-23(13-15(14)9-19)18(26)22(2)3;5-1(3(7)8)2(6)4(9)10/h14-16,21H,4-9,11-13H2,1-3H3;1-2,5-6H,(H,7,8)(H,9,10)/t14-,15+,16-,19?;/m0./s1. The Morgan fingerprint density at radius 3 is 2.03 bits per heavy atom. The van der Waals surface area contributed by atoms with Crippen molar-refractivity contribution in [2.45, 2.75) is 62.8 Å². The molecule has 5 N–H and O–H groups in total. The van der Waals surface area contributed by atoms with Gasteiger partial charge in [0.2, 0.25) is 5.91 Å². The highest BCUT2D eigenvalue weighted by molar-refractivity contribution is 5.83. The van der Waals surface area contributed by atoms with Crippen LogP contribution < -0.4 is 5.32 Å². The molecule has 1 aliphatic carbocycles. The van der Waals surface area contributed by atoms with E-state index in [1.165, 1.54) is 0 Å². The Kier molecular flexibility index (Phi) is 10.0. The zero-order valence-corrected chi connectivity index (χ0v) is 21.0. The third kappa shape index (κ3) is 6.83. The first-order valence-electron chi connectivity index (χ1n) is 12.1. The van der Waals surface area contributed by atoms with Crippen LogP contribution in [-0.2, 0) is 14.4 Å². The van der Waals surface area contributed by atoms with Gasteiger partial charge in [-0.2, -0.15) is 5.26 Å². The summed E-state index contributed by atoms with van der Waals surface area (Å²) >= 11 is 0. The van der Waals surface area contributed by atoms with Crippen molar-refractivity contribution in [3.05, 3.63) is 0 Å². The maximum absolute atomic E-state index is 12.5. The number of aliphatic carboxylic acids is 2. The van der Waals surface area contributed by atoms with E-state index in [4.69, 9.17) is 20.4 Å². The molecule has 0 spiro atoms. The van der Waals surface area contributed by atoms with E-state index < -0.39 is 24.1 Å². The number of aliphatic hydroxyl groups excluding tert-OH is 2. The number of nitriles is 1. The second-order valence-electron chi connectivity index (χ2n) is 9.94. The van der Waals surface area contributed by atoms with Crippen LogP contribution in [0.5, 0.6) is 0 Å². The highest BCUT2D eigenvalue weighted by atomic mass is 16.4. The molecule has 36 heavy (non-hydrogen) atoms. The smallest absolute Gasteiger partial charge is 0.335 e. The van der Waals surface area contributed by atoms with Crippen molar-refractivity contribution in [2.24, 2.45) is 11.8 Å². The summed E-state index contributed by atoms with van der Waals surface area (Å²) in [5.41, 5.74) is -0.0138. The zero-order chi connectivity index (χ0) is 27.2. The summed E-state index contributed by atoms with van der Waals surface area (Å²) in [7, 11) is 3.60. The lowest BCUT2D eigenvalue weighted by molar-refractivity contribution is -0.165. The fourth-order valence-corrected chi connectivity index (χ4v) is 5.32. The lowest BCUT2D eigenvalue weighted by atomic mass is 9.92. The van der Waals surface area contributed by atoms with Gasteiger partial charge in [-0.25, -0.2) is 14.4 Å². The van der Waals surface area contributed by atoms with Crippen LogP contribution in [0.1, 0.15) is 39.0 Å². The molecule has 0 aromatic carbocycles. The minimum absolute atomic E-state index is 0.0138. The average molecular weight is 512 g/mol. The molecule has 13 heteroatoms. The number of hydrogen-bond donors (Lipinski definition) is 5. The molecule has 3 unspecified atom stereocenters. The van der Waals surface area contributed by atoms with Crippen LogP contribution in [-0.4, -0.2) is 123 Å². The number of likely N-dealkylation sites (tertiary alicyclic amines) is 2. The molecule has 0 radical (unpaired) electrons. The number of nitrogens with zero attached hydrogens (tertiary/aromatic N) is 4. The van der Waals surface area contributed by atoms with Gasteiger partial charge < -0.3 is 40.4 Å². The fraction of sp³-hybridized carbons (Fsp3) is 0.783. The van der Waals surface area contributed by atoms with Crippen LogP contribution in [0, 0.1) is 23.2 Å². The Balaban J connectivity index is 0.000000388. The van der Waals surface area contributed by atoms with Gasteiger partial charge in [0.1, 0.15) is 6.04 Å². The van der Waals surface area contributed by atoms with Gasteiger partial charge in [0, 0.05) is 39.3 Å². The highest BCUT2D eigenvalue weighted by Crippen LogP contribution is 2.45. The molecule has 0 bridgehead atoms. The molecule has 0 aromatic heterocycles. The number of carboxylic acids is 2. The number of hydrogen-bond acceptors (Lipinski definition) is 8. The van der Waals surface area contributed by atoms with Gasteiger partial charge in [0.05, 0.1) is 12.6 Å². The minimum Gasteiger partial charge on any atom is -0.479 e. The topological polar surface area (TPSA) is 195 Å². The van der Waals surface area contributed by atoms with Crippen molar-refractivity contribution in [1.29, 1.82) is 5.26 Å². The van der Waals surface area contributed by atoms with Crippen LogP contribution in [0.4, 0.5) is 4.79 Å². The van der Waals surface area contributed by atoms with E-state index in [1.54, 1.807) is 23.9 Å². The summed E-state index contributed by atoms with van der Waals surface area (Å²) in [4.78, 5) is 49.6. The predicted octanol–water partition coefficient (Wildman–Crippen LogP) is -0.860. The third-order valence-electron chi connectivity index (χ3n) is 7.35. The van der Waals surface area contributed by atoms with Gasteiger partial charge in [-0.15, -0.1) is 0 Å². The van der Waals surface area contributed by atoms with Gasteiger partial charge in [0.15, 0.2) is 12.2 Å². The summed E-state index contributed by atoms with van der Waals surface area (Å²) in [6.07, 6.45) is 0.191. The summed E-state index contributed by atoms with van der Waals surface area (Å²) in [6.45, 7) is 4.83. The second kappa shape index (κ2) is 12.3. The molecule has 2 heterocycles. The number of aliphatic hydroxyl groups is 2. The monoisotopic (exact) mass is 511 g/mol. The zero-order valence-electron chi connectivity index (χ0n) is 21.0.